The summed E-state index contributed by atoms with van der Waals surface area (Å²) in [6.45, 7) is 0. The summed E-state index contributed by atoms with van der Waals surface area (Å²) in [6.07, 6.45) is 6.89. The van der Waals surface area contributed by atoms with Crippen LogP contribution in [0.1, 0.15) is 37.7 Å². The number of methoxy groups -OCH3 is 1. The Morgan fingerprint density at radius 1 is 1.44 bits per heavy atom. The van der Waals surface area contributed by atoms with Crippen LogP contribution in [0, 0.1) is 0 Å². The molecule has 0 bridgehead atoms. The maximum Gasteiger partial charge on any atom is 0.169 e. The minimum absolute atomic E-state index is 0.129. The van der Waals surface area contributed by atoms with Crippen molar-refractivity contribution in [3.05, 3.63) is 23.9 Å². The topological polar surface area (TPSA) is 65.2 Å². The number of hydrogen-bond acceptors (Lipinski definition) is 4. The number of carbonyl (C=O) groups excluding carboxylic acids is 1. The van der Waals surface area contributed by atoms with Crippen LogP contribution >= 0.6 is 0 Å². The molecule has 1 saturated carbocycles. The van der Waals surface area contributed by atoms with Gasteiger partial charge in [0, 0.05) is 25.3 Å². The van der Waals surface area contributed by atoms with Gasteiger partial charge in [-0.15, -0.1) is 0 Å². The second-order valence-corrected chi connectivity index (χ2v) is 4.91. The first-order valence-electron chi connectivity index (χ1n) is 6.46. The molecule has 18 heavy (non-hydrogen) atoms. The van der Waals surface area contributed by atoms with Gasteiger partial charge in [0.1, 0.15) is 11.4 Å². The molecule has 4 nitrogen and oxygen atoms in total. The highest BCUT2D eigenvalue weighted by Crippen LogP contribution is 2.33. The summed E-state index contributed by atoms with van der Waals surface area (Å²) in [5.41, 5.74) is 5.98. The number of hydrogen-bond donors (Lipinski definition) is 1. The number of nitrogens with zero attached hydrogens (tertiary/aromatic N) is 1. The van der Waals surface area contributed by atoms with Crippen molar-refractivity contribution in [2.45, 2.75) is 44.1 Å². The molecule has 0 amide bonds. The molecule has 0 spiro atoms. The Balaban J connectivity index is 2.13. The van der Waals surface area contributed by atoms with Gasteiger partial charge < -0.3 is 10.5 Å². The van der Waals surface area contributed by atoms with E-state index in [0.717, 1.165) is 31.2 Å². The lowest BCUT2D eigenvalue weighted by Crippen LogP contribution is -2.43. The Labute approximate surface area is 108 Å². The van der Waals surface area contributed by atoms with Crippen LogP contribution in [-0.2, 0) is 16.0 Å². The first kappa shape index (κ1) is 13.0. The predicted molar refractivity (Wildman–Crippen MR) is 70.2 cm³/mol. The fourth-order valence-electron chi connectivity index (χ4n) is 2.65. The third-order valence-electron chi connectivity index (χ3n) is 3.84. The van der Waals surface area contributed by atoms with Crippen molar-refractivity contribution in [3.8, 4) is 0 Å². The Morgan fingerprint density at radius 3 is 2.78 bits per heavy atom. The van der Waals surface area contributed by atoms with Gasteiger partial charge in [0.25, 0.3) is 0 Å². The first-order chi connectivity index (χ1) is 8.68. The van der Waals surface area contributed by atoms with Crippen molar-refractivity contribution in [2.24, 2.45) is 0 Å². The summed E-state index contributed by atoms with van der Waals surface area (Å²) in [4.78, 5) is 16.5. The quantitative estimate of drug-likeness (QED) is 0.886. The Bertz CT molecular complexity index is 426. The number of carbonyl (C=O) groups is 1. The number of anilines is 1. The molecule has 0 atom stereocenters. The summed E-state index contributed by atoms with van der Waals surface area (Å²) in [5.74, 6) is 0.567. The van der Waals surface area contributed by atoms with E-state index in [4.69, 9.17) is 10.5 Å². The number of rotatable bonds is 4. The van der Waals surface area contributed by atoms with Crippen LogP contribution in [-0.4, -0.2) is 23.5 Å². The van der Waals surface area contributed by atoms with E-state index in [9.17, 15) is 4.79 Å². The fourth-order valence-corrected chi connectivity index (χ4v) is 2.65. The Hall–Kier alpha value is -1.42. The van der Waals surface area contributed by atoms with Gasteiger partial charge in [0.2, 0.25) is 0 Å². The lowest BCUT2D eigenvalue weighted by Gasteiger charge is -2.34. The van der Waals surface area contributed by atoms with Crippen LogP contribution in [0.15, 0.2) is 18.3 Å². The lowest BCUT2D eigenvalue weighted by molar-refractivity contribution is -0.144. The average molecular weight is 248 g/mol. The lowest BCUT2D eigenvalue weighted by atomic mass is 9.79. The molecular weight excluding hydrogens is 228 g/mol. The van der Waals surface area contributed by atoms with E-state index in [0.29, 0.717) is 12.2 Å². The molecule has 0 aliphatic heterocycles. The zero-order chi connectivity index (χ0) is 13.0. The van der Waals surface area contributed by atoms with Crippen LogP contribution in [0.25, 0.3) is 0 Å². The predicted octanol–water partition coefficient (Wildman–Crippen LogP) is 2.12. The van der Waals surface area contributed by atoms with Crippen LogP contribution in [0.5, 0.6) is 0 Å². The van der Waals surface area contributed by atoms with E-state index in [1.165, 1.54) is 6.42 Å². The molecule has 2 rings (SSSR count). The number of nitrogens with two attached hydrogens (primary N) is 1. The molecule has 1 aliphatic carbocycles. The van der Waals surface area contributed by atoms with E-state index in [2.05, 4.69) is 4.98 Å². The highest BCUT2D eigenvalue weighted by molar-refractivity contribution is 5.90. The van der Waals surface area contributed by atoms with E-state index in [-0.39, 0.29) is 5.78 Å². The number of ether oxygens (including phenoxy) is 1. The van der Waals surface area contributed by atoms with E-state index in [1.54, 1.807) is 19.4 Å². The first-order valence-corrected chi connectivity index (χ1v) is 6.46. The molecule has 1 aromatic heterocycles. The van der Waals surface area contributed by atoms with Crippen LogP contribution in [0.4, 0.5) is 5.82 Å². The molecule has 2 N–H and O–H groups in total. The van der Waals surface area contributed by atoms with E-state index < -0.39 is 5.60 Å². The number of aromatic nitrogens is 1. The van der Waals surface area contributed by atoms with Gasteiger partial charge in [-0.2, -0.15) is 0 Å². The minimum atomic E-state index is -0.597. The third-order valence-corrected chi connectivity index (χ3v) is 3.84. The smallest absolute Gasteiger partial charge is 0.169 e. The van der Waals surface area contributed by atoms with Gasteiger partial charge in [-0.25, -0.2) is 4.98 Å². The number of Topliss-reactive ketones (excluding diaryl/α,β-unsaturated/α-hetero) is 1. The van der Waals surface area contributed by atoms with Gasteiger partial charge in [-0.05, 0) is 18.9 Å². The number of ketones is 1. The van der Waals surface area contributed by atoms with Gasteiger partial charge in [0.05, 0.1) is 0 Å². The highest BCUT2D eigenvalue weighted by atomic mass is 16.5. The van der Waals surface area contributed by atoms with Gasteiger partial charge in [-0.1, -0.05) is 25.3 Å². The summed E-state index contributed by atoms with van der Waals surface area (Å²) in [6, 6.07) is 3.66. The average Bonchev–Trinajstić information content (AvgIpc) is 2.42. The van der Waals surface area contributed by atoms with E-state index >= 15 is 0 Å². The van der Waals surface area contributed by atoms with Crippen molar-refractivity contribution >= 4 is 11.6 Å². The largest absolute Gasteiger partial charge is 0.383 e. The van der Waals surface area contributed by atoms with Crippen molar-refractivity contribution in [3.63, 3.8) is 0 Å². The SMILES string of the molecule is COC1(C(=O)Cc2cccnc2N)CCCCC1. The zero-order valence-electron chi connectivity index (χ0n) is 10.8. The zero-order valence-corrected chi connectivity index (χ0v) is 10.8. The van der Waals surface area contributed by atoms with Crippen molar-refractivity contribution in [1.82, 2.24) is 4.98 Å². The van der Waals surface area contributed by atoms with Crippen molar-refractivity contribution in [2.75, 3.05) is 12.8 Å². The molecular formula is C14H20N2O2. The third kappa shape index (κ3) is 2.53. The van der Waals surface area contributed by atoms with E-state index in [1.807, 2.05) is 6.07 Å². The minimum Gasteiger partial charge on any atom is -0.383 e. The van der Waals surface area contributed by atoms with Gasteiger partial charge in [-0.3, -0.25) is 4.79 Å². The van der Waals surface area contributed by atoms with Gasteiger partial charge >= 0.3 is 0 Å². The molecule has 1 aromatic rings. The molecule has 98 valence electrons. The molecule has 4 heteroatoms. The fraction of sp³-hybridized carbons (Fsp3) is 0.571. The second kappa shape index (κ2) is 5.48. The van der Waals surface area contributed by atoms with Gasteiger partial charge in [0.15, 0.2) is 5.78 Å². The number of nitrogen functional groups attached to an aromatic ring is 1. The van der Waals surface area contributed by atoms with Crippen LogP contribution in [0.2, 0.25) is 0 Å². The van der Waals surface area contributed by atoms with Crippen LogP contribution in [0.3, 0.4) is 0 Å². The Morgan fingerprint density at radius 2 is 2.17 bits per heavy atom. The van der Waals surface area contributed by atoms with Crippen LogP contribution < -0.4 is 5.73 Å². The summed E-state index contributed by atoms with van der Waals surface area (Å²) in [5, 5.41) is 0. The summed E-state index contributed by atoms with van der Waals surface area (Å²) in [7, 11) is 1.63. The van der Waals surface area contributed by atoms with Crippen molar-refractivity contribution in [1.29, 1.82) is 0 Å². The molecule has 1 aliphatic rings. The molecule has 0 aromatic carbocycles. The molecule has 0 saturated heterocycles. The molecule has 1 heterocycles. The summed E-state index contributed by atoms with van der Waals surface area (Å²) >= 11 is 0. The highest BCUT2D eigenvalue weighted by Gasteiger charge is 2.39. The molecule has 0 radical (unpaired) electrons. The summed E-state index contributed by atoms with van der Waals surface area (Å²) < 4.78 is 5.54. The van der Waals surface area contributed by atoms with Crippen molar-refractivity contribution < 1.29 is 9.53 Å². The maximum absolute atomic E-state index is 12.5. The standard InChI is InChI=1S/C14H20N2O2/c1-18-14(7-3-2-4-8-14)12(17)10-11-6-5-9-16-13(11)15/h5-6,9H,2-4,7-8,10H2,1H3,(H2,15,16). The molecule has 0 unspecified atom stereocenters. The Kier molecular flexibility index (Phi) is 3.97. The monoisotopic (exact) mass is 248 g/mol. The number of pyridine rings is 1. The second-order valence-electron chi connectivity index (χ2n) is 4.91. The normalized spacial score (nSPS) is 18.5. The molecule has 1 fully saturated rings. The maximum atomic E-state index is 12.5.